The molecule has 236 valence electrons. The summed E-state index contributed by atoms with van der Waals surface area (Å²) in [5, 5.41) is 7.56. The van der Waals surface area contributed by atoms with E-state index in [0.717, 1.165) is 16.8 Å². The van der Waals surface area contributed by atoms with Crippen LogP contribution in [-0.2, 0) is 0 Å². The van der Waals surface area contributed by atoms with Crippen LogP contribution in [0.1, 0.15) is 11.1 Å². The van der Waals surface area contributed by atoms with Crippen molar-refractivity contribution in [1.82, 2.24) is 4.98 Å². The molecule has 0 amide bonds. The highest BCUT2D eigenvalue weighted by Gasteiger charge is 2.19. The van der Waals surface area contributed by atoms with Crippen LogP contribution in [0.4, 0.5) is 0 Å². The molecule has 8 aromatic carbocycles. The van der Waals surface area contributed by atoms with Crippen molar-refractivity contribution in [3.63, 3.8) is 0 Å². The Balaban J connectivity index is 1.27. The first-order chi connectivity index (χ1) is 24.7. The van der Waals surface area contributed by atoms with Crippen molar-refractivity contribution >= 4 is 32.3 Å². The van der Waals surface area contributed by atoms with Crippen molar-refractivity contribution in [2.75, 3.05) is 0 Å². The molecule has 0 aliphatic carbocycles. The van der Waals surface area contributed by atoms with Crippen molar-refractivity contribution < 1.29 is 0 Å². The Labute approximate surface area is 293 Å². The molecule has 0 bridgehead atoms. The quantitative estimate of drug-likeness (QED) is 0.171. The molecule has 9 rings (SSSR count). The van der Waals surface area contributed by atoms with Gasteiger partial charge in [-0.2, -0.15) is 0 Å². The molecular weight excluding hydrogens is 603 g/mol. The van der Waals surface area contributed by atoms with Crippen molar-refractivity contribution in [1.29, 1.82) is 0 Å². The predicted molar refractivity (Wildman–Crippen MR) is 213 cm³/mol. The fourth-order valence-electron chi connectivity index (χ4n) is 7.95. The largest absolute Gasteiger partial charge is 0.256 e. The zero-order chi connectivity index (χ0) is 33.6. The first-order valence-corrected chi connectivity index (χ1v) is 17.3. The van der Waals surface area contributed by atoms with Gasteiger partial charge in [-0.1, -0.05) is 152 Å². The minimum absolute atomic E-state index is 0.976. The monoisotopic (exact) mass is 637 g/mol. The second-order valence-electron chi connectivity index (χ2n) is 13.2. The smallest absolute Gasteiger partial charge is 0.0708 e. The number of pyridine rings is 1. The Morgan fingerprint density at radius 2 is 0.780 bits per heavy atom. The fourth-order valence-corrected chi connectivity index (χ4v) is 7.95. The molecule has 0 saturated carbocycles. The molecule has 1 heterocycles. The number of hydrogen-bond donors (Lipinski definition) is 0. The Bertz CT molecular complexity index is 2640. The van der Waals surface area contributed by atoms with E-state index in [1.54, 1.807) is 0 Å². The van der Waals surface area contributed by atoms with Crippen molar-refractivity contribution in [2.45, 2.75) is 13.8 Å². The van der Waals surface area contributed by atoms with Gasteiger partial charge in [-0.3, -0.25) is 4.98 Å². The van der Waals surface area contributed by atoms with E-state index in [-0.39, 0.29) is 0 Å². The molecule has 1 heteroatoms. The fraction of sp³-hybridized carbons (Fsp3) is 0.0408. The molecule has 0 spiro atoms. The van der Waals surface area contributed by atoms with E-state index in [9.17, 15) is 0 Å². The first kappa shape index (κ1) is 29.8. The molecule has 0 unspecified atom stereocenters. The summed E-state index contributed by atoms with van der Waals surface area (Å²) in [5.74, 6) is 0. The first-order valence-electron chi connectivity index (χ1n) is 17.3. The van der Waals surface area contributed by atoms with Gasteiger partial charge in [0.2, 0.25) is 0 Å². The second-order valence-corrected chi connectivity index (χ2v) is 13.2. The molecule has 0 saturated heterocycles. The highest BCUT2D eigenvalue weighted by atomic mass is 14.7. The van der Waals surface area contributed by atoms with E-state index >= 15 is 0 Å². The maximum absolute atomic E-state index is 4.69. The summed E-state index contributed by atoms with van der Waals surface area (Å²) in [5.41, 5.74) is 14.6. The lowest BCUT2D eigenvalue weighted by atomic mass is 9.83. The summed E-state index contributed by atoms with van der Waals surface area (Å²) in [4.78, 5) is 4.69. The van der Waals surface area contributed by atoms with Crippen LogP contribution < -0.4 is 0 Å². The van der Waals surface area contributed by atoms with Gasteiger partial charge in [-0.25, -0.2) is 0 Å². The van der Waals surface area contributed by atoms with Gasteiger partial charge in [-0.05, 0) is 120 Å². The lowest BCUT2D eigenvalue weighted by Crippen LogP contribution is -1.93. The van der Waals surface area contributed by atoms with Crippen LogP contribution in [0.15, 0.2) is 176 Å². The van der Waals surface area contributed by atoms with Gasteiger partial charge in [-0.15, -0.1) is 0 Å². The summed E-state index contributed by atoms with van der Waals surface area (Å²) < 4.78 is 0. The van der Waals surface area contributed by atoms with Crippen LogP contribution in [-0.4, -0.2) is 4.98 Å². The minimum Gasteiger partial charge on any atom is -0.256 e. The Morgan fingerprint density at radius 3 is 1.42 bits per heavy atom. The van der Waals surface area contributed by atoms with Crippen LogP contribution >= 0.6 is 0 Å². The zero-order valence-electron chi connectivity index (χ0n) is 28.2. The molecule has 0 N–H and O–H groups in total. The van der Waals surface area contributed by atoms with Crippen LogP contribution in [0.5, 0.6) is 0 Å². The summed E-state index contributed by atoms with van der Waals surface area (Å²) in [6.07, 6.45) is 1.92. The summed E-state index contributed by atoms with van der Waals surface area (Å²) >= 11 is 0. The number of nitrogens with zero attached hydrogens (tertiary/aromatic N) is 1. The van der Waals surface area contributed by atoms with E-state index in [0.29, 0.717) is 0 Å². The third-order valence-electron chi connectivity index (χ3n) is 10.2. The van der Waals surface area contributed by atoms with Gasteiger partial charge in [0.15, 0.2) is 0 Å². The normalized spacial score (nSPS) is 11.4. The predicted octanol–water partition coefficient (Wildman–Crippen LogP) is 13.5. The van der Waals surface area contributed by atoms with Crippen LogP contribution in [0.25, 0.3) is 88.1 Å². The van der Waals surface area contributed by atoms with E-state index < -0.39 is 0 Å². The van der Waals surface area contributed by atoms with E-state index in [1.165, 1.54) is 82.4 Å². The number of benzene rings is 8. The highest BCUT2D eigenvalue weighted by molar-refractivity contribution is 6.24. The lowest BCUT2D eigenvalue weighted by Gasteiger charge is -2.20. The molecule has 1 nitrogen and oxygen atoms in total. The third-order valence-corrected chi connectivity index (χ3v) is 10.2. The number of hydrogen-bond acceptors (Lipinski definition) is 1. The van der Waals surface area contributed by atoms with Gasteiger partial charge in [0, 0.05) is 11.8 Å². The van der Waals surface area contributed by atoms with E-state index in [2.05, 4.69) is 183 Å². The van der Waals surface area contributed by atoms with Crippen LogP contribution in [0.3, 0.4) is 0 Å². The molecule has 0 fully saturated rings. The summed E-state index contributed by atoms with van der Waals surface area (Å²) in [6.45, 7) is 4.44. The van der Waals surface area contributed by atoms with Gasteiger partial charge in [0.05, 0.1) is 5.69 Å². The molecule has 50 heavy (non-hydrogen) atoms. The van der Waals surface area contributed by atoms with Crippen molar-refractivity contribution in [3.8, 4) is 55.8 Å². The Morgan fingerprint density at radius 1 is 0.320 bits per heavy atom. The third kappa shape index (κ3) is 4.98. The van der Waals surface area contributed by atoms with Crippen LogP contribution in [0, 0.1) is 13.8 Å². The average molecular weight is 638 g/mol. The maximum Gasteiger partial charge on any atom is 0.0708 e. The standard InChI is InChI=1S/C49H35N/c1-32-14-10-15-33(2)47(32)40-26-12-25-39-38(40)24-13-27-41(39)49-44-22-8-6-20-42(44)48(43-21-7-9-23-45(43)49)37-19-11-18-35(30-37)36-28-29-50-46(31-36)34-16-4-3-5-17-34/h3-31H,1-2H3. The molecule has 0 radical (unpaired) electrons. The minimum atomic E-state index is 0.976. The topological polar surface area (TPSA) is 12.9 Å². The molecule has 0 aliphatic rings. The second kappa shape index (κ2) is 12.3. The molecule has 9 aromatic rings. The molecular formula is C49H35N. The molecule has 0 aliphatic heterocycles. The number of aromatic nitrogens is 1. The maximum atomic E-state index is 4.69. The lowest BCUT2D eigenvalue weighted by molar-refractivity contribution is 1.33. The van der Waals surface area contributed by atoms with Gasteiger partial charge < -0.3 is 0 Å². The zero-order valence-corrected chi connectivity index (χ0v) is 28.2. The molecule has 0 atom stereocenters. The summed E-state index contributed by atoms with van der Waals surface area (Å²) in [6, 6.07) is 61.8. The van der Waals surface area contributed by atoms with Gasteiger partial charge >= 0.3 is 0 Å². The van der Waals surface area contributed by atoms with Crippen LogP contribution in [0.2, 0.25) is 0 Å². The van der Waals surface area contributed by atoms with E-state index in [1.807, 2.05) is 12.3 Å². The number of fused-ring (bicyclic) bond motifs is 3. The van der Waals surface area contributed by atoms with Crippen molar-refractivity contribution in [3.05, 3.63) is 187 Å². The molecule has 1 aromatic heterocycles. The van der Waals surface area contributed by atoms with Crippen molar-refractivity contribution in [2.24, 2.45) is 0 Å². The number of rotatable bonds is 5. The SMILES string of the molecule is Cc1cccc(C)c1-c1cccc2c(-c3c4ccccc4c(-c4cccc(-c5ccnc(-c6ccccc6)c5)c4)c4ccccc34)cccc12. The highest BCUT2D eigenvalue weighted by Crippen LogP contribution is 2.46. The average Bonchev–Trinajstić information content (AvgIpc) is 3.17. The van der Waals surface area contributed by atoms with Gasteiger partial charge in [0.25, 0.3) is 0 Å². The Hall–Kier alpha value is -6.31. The summed E-state index contributed by atoms with van der Waals surface area (Å²) in [7, 11) is 0. The van der Waals surface area contributed by atoms with Gasteiger partial charge in [0.1, 0.15) is 0 Å². The Kier molecular flexibility index (Phi) is 7.33. The number of aryl methyl sites for hydroxylation is 2. The van der Waals surface area contributed by atoms with E-state index in [4.69, 9.17) is 0 Å².